The zero-order valence-corrected chi connectivity index (χ0v) is 10.1. The van der Waals surface area contributed by atoms with Crippen molar-refractivity contribution in [2.24, 2.45) is 0 Å². The van der Waals surface area contributed by atoms with E-state index in [9.17, 15) is 10.2 Å². The first-order valence-electron chi connectivity index (χ1n) is 5.94. The molecule has 0 fully saturated rings. The molecule has 5 heteroatoms. The third-order valence-corrected chi connectivity index (χ3v) is 2.99. The van der Waals surface area contributed by atoms with Crippen molar-refractivity contribution in [2.75, 3.05) is 6.61 Å². The number of aromatic hydroxyl groups is 1. The van der Waals surface area contributed by atoms with Gasteiger partial charge >= 0.3 is 0 Å². The SMILES string of the molecule is Oc1ccc2c(c1)[C@@H](O)[C@H](Oc1cccnc1)CO2. The number of aliphatic hydroxyl groups excluding tert-OH is 1. The highest BCUT2D eigenvalue weighted by atomic mass is 16.5. The molecule has 98 valence electrons. The van der Waals surface area contributed by atoms with Crippen molar-refractivity contribution < 1.29 is 19.7 Å². The summed E-state index contributed by atoms with van der Waals surface area (Å²) in [6, 6.07) is 8.16. The highest BCUT2D eigenvalue weighted by Crippen LogP contribution is 2.35. The third-order valence-electron chi connectivity index (χ3n) is 2.99. The normalized spacial score (nSPS) is 21.3. The fraction of sp³-hybridized carbons (Fsp3) is 0.214. The fourth-order valence-corrected chi connectivity index (χ4v) is 2.05. The topological polar surface area (TPSA) is 71.8 Å². The van der Waals surface area contributed by atoms with Crippen LogP contribution in [-0.2, 0) is 0 Å². The molecule has 0 aliphatic carbocycles. The summed E-state index contributed by atoms with van der Waals surface area (Å²) in [5.41, 5.74) is 0.528. The summed E-state index contributed by atoms with van der Waals surface area (Å²) in [7, 11) is 0. The maximum absolute atomic E-state index is 10.3. The average Bonchev–Trinajstić information content (AvgIpc) is 2.44. The van der Waals surface area contributed by atoms with Crippen molar-refractivity contribution in [3.8, 4) is 17.2 Å². The molecule has 0 amide bonds. The monoisotopic (exact) mass is 259 g/mol. The Kier molecular flexibility index (Phi) is 2.97. The standard InChI is InChI=1S/C14H13NO4/c16-9-3-4-12-11(6-9)14(17)13(8-18-12)19-10-2-1-5-15-7-10/h1-7,13-14,16-17H,8H2/t13-,14-/m1/s1. The smallest absolute Gasteiger partial charge is 0.163 e. The molecule has 0 saturated heterocycles. The Bertz CT molecular complexity index is 573. The van der Waals surface area contributed by atoms with Crippen molar-refractivity contribution in [2.45, 2.75) is 12.2 Å². The number of nitrogens with zero attached hydrogens (tertiary/aromatic N) is 1. The summed E-state index contributed by atoms with van der Waals surface area (Å²) in [5, 5.41) is 19.7. The molecule has 2 aromatic rings. The number of phenolic OH excluding ortho intramolecular Hbond substituents is 1. The highest BCUT2D eigenvalue weighted by molar-refractivity contribution is 5.43. The summed E-state index contributed by atoms with van der Waals surface area (Å²) in [6.07, 6.45) is 1.84. The Morgan fingerprint density at radius 3 is 3.00 bits per heavy atom. The zero-order valence-electron chi connectivity index (χ0n) is 10.1. The molecule has 2 atom stereocenters. The van der Waals surface area contributed by atoms with E-state index < -0.39 is 12.2 Å². The van der Waals surface area contributed by atoms with Gasteiger partial charge in [0.15, 0.2) is 6.10 Å². The van der Waals surface area contributed by atoms with E-state index in [1.165, 1.54) is 12.1 Å². The molecule has 0 saturated carbocycles. The lowest BCUT2D eigenvalue weighted by Crippen LogP contribution is -2.35. The van der Waals surface area contributed by atoms with Gasteiger partial charge in [0, 0.05) is 11.8 Å². The lowest BCUT2D eigenvalue weighted by molar-refractivity contribution is -0.0105. The predicted octanol–water partition coefficient (Wildman–Crippen LogP) is 1.66. The summed E-state index contributed by atoms with van der Waals surface area (Å²) in [6.45, 7) is 0.244. The van der Waals surface area contributed by atoms with Gasteiger partial charge < -0.3 is 19.7 Å². The minimum absolute atomic E-state index is 0.0865. The Labute approximate surface area is 110 Å². The molecule has 5 nitrogen and oxygen atoms in total. The second-order valence-corrected chi connectivity index (χ2v) is 4.32. The Balaban J connectivity index is 1.83. The number of ether oxygens (including phenoxy) is 2. The molecule has 0 radical (unpaired) electrons. The average molecular weight is 259 g/mol. The number of aliphatic hydroxyl groups is 1. The van der Waals surface area contributed by atoms with Crippen LogP contribution in [0.3, 0.4) is 0 Å². The van der Waals surface area contributed by atoms with Crippen LogP contribution in [-0.4, -0.2) is 27.9 Å². The van der Waals surface area contributed by atoms with Gasteiger partial charge in [0.25, 0.3) is 0 Å². The van der Waals surface area contributed by atoms with Crippen LogP contribution in [0.5, 0.6) is 17.2 Å². The molecule has 0 spiro atoms. The van der Waals surface area contributed by atoms with E-state index in [1.54, 1.807) is 30.6 Å². The minimum atomic E-state index is -0.851. The largest absolute Gasteiger partial charge is 0.508 e. The van der Waals surface area contributed by atoms with Gasteiger partial charge in [0.1, 0.15) is 30.0 Å². The van der Waals surface area contributed by atoms with Crippen molar-refractivity contribution in [1.29, 1.82) is 0 Å². The first-order chi connectivity index (χ1) is 9.24. The first kappa shape index (κ1) is 11.8. The fourth-order valence-electron chi connectivity index (χ4n) is 2.05. The van der Waals surface area contributed by atoms with Crippen molar-refractivity contribution in [1.82, 2.24) is 4.98 Å². The van der Waals surface area contributed by atoms with Gasteiger partial charge in [-0.1, -0.05) is 0 Å². The van der Waals surface area contributed by atoms with E-state index in [2.05, 4.69) is 4.98 Å². The summed E-state index contributed by atoms with van der Waals surface area (Å²) in [4.78, 5) is 3.95. The Morgan fingerprint density at radius 1 is 1.32 bits per heavy atom. The number of fused-ring (bicyclic) bond motifs is 1. The summed E-state index contributed by atoms with van der Waals surface area (Å²) >= 11 is 0. The van der Waals surface area contributed by atoms with E-state index in [0.717, 1.165) is 0 Å². The molecule has 2 N–H and O–H groups in total. The lowest BCUT2D eigenvalue weighted by atomic mass is 10.0. The first-order valence-corrected chi connectivity index (χ1v) is 5.94. The maximum atomic E-state index is 10.3. The summed E-state index contributed by atoms with van der Waals surface area (Å²) in [5.74, 6) is 1.22. The molecular weight excluding hydrogens is 246 g/mol. The number of pyridine rings is 1. The number of hydrogen-bond donors (Lipinski definition) is 2. The molecular formula is C14H13NO4. The highest BCUT2D eigenvalue weighted by Gasteiger charge is 2.31. The molecule has 1 aliphatic rings. The number of aromatic nitrogens is 1. The van der Waals surface area contributed by atoms with Crippen LogP contribution in [0.1, 0.15) is 11.7 Å². The molecule has 0 unspecified atom stereocenters. The Hall–Kier alpha value is -2.27. The van der Waals surface area contributed by atoms with Gasteiger partial charge in [-0.15, -0.1) is 0 Å². The quantitative estimate of drug-likeness (QED) is 0.858. The second-order valence-electron chi connectivity index (χ2n) is 4.32. The van der Waals surface area contributed by atoms with Crippen LogP contribution in [0.15, 0.2) is 42.7 Å². The molecule has 19 heavy (non-hydrogen) atoms. The Morgan fingerprint density at radius 2 is 2.21 bits per heavy atom. The summed E-state index contributed by atoms with van der Waals surface area (Å²) < 4.78 is 11.2. The molecule has 1 aromatic heterocycles. The molecule has 3 rings (SSSR count). The van der Waals surface area contributed by atoms with Gasteiger partial charge in [0.05, 0.1) is 6.20 Å². The van der Waals surface area contributed by atoms with Crippen molar-refractivity contribution in [3.63, 3.8) is 0 Å². The third kappa shape index (κ3) is 2.32. The predicted molar refractivity (Wildman–Crippen MR) is 67.2 cm³/mol. The molecule has 1 aromatic carbocycles. The number of benzene rings is 1. The van der Waals surface area contributed by atoms with Crippen LogP contribution in [0.25, 0.3) is 0 Å². The number of phenols is 1. The van der Waals surface area contributed by atoms with E-state index in [0.29, 0.717) is 17.1 Å². The van der Waals surface area contributed by atoms with Crippen LogP contribution < -0.4 is 9.47 Å². The van der Waals surface area contributed by atoms with E-state index >= 15 is 0 Å². The number of hydrogen-bond acceptors (Lipinski definition) is 5. The molecule has 1 aliphatic heterocycles. The van der Waals surface area contributed by atoms with Crippen LogP contribution in [0.4, 0.5) is 0 Å². The minimum Gasteiger partial charge on any atom is -0.508 e. The van der Waals surface area contributed by atoms with E-state index in [-0.39, 0.29) is 12.4 Å². The van der Waals surface area contributed by atoms with E-state index in [1.807, 2.05) is 0 Å². The molecule has 0 bridgehead atoms. The zero-order chi connectivity index (χ0) is 13.2. The maximum Gasteiger partial charge on any atom is 0.163 e. The van der Waals surface area contributed by atoms with Gasteiger partial charge in [-0.05, 0) is 30.3 Å². The molecule has 2 heterocycles. The van der Waals surface area contributed by atoms with Gasteiger partial charge in [0.2, 0.25) is 0 Å². The van der Waals surface area contributed by atoms with Gasteiger partial charge in [-0.3, -0.25) is 4.98 Å². The van der Waals surface area contributed by atoms with Crippen LogP contribution in [0, 0.1) is 0 Å². The van der Waals surface area contributed by atoms with Crippen molar-refractivity contribution >= 4 is 0 Å². The number of rotatable bonds is 2. The van der Waals surface area contributed by atoms with Crippen molar-refractivity contribution in [3.05, 3.63) is 48.3 Å². The lowest BCUT2D eigenvalue weighted by Gasteiger charge is -2.30. The van der Waals surface area contributed by atoms with E-state index in [4.69, 9.17) is 9.47 Å². The van der Waals surface area contributed by atoms with Gasteiger partial charge in [-0.25, -0.2) is 0 Å². The van der Waals surface area contributed by atoms with Gasteiger partial charge in [-0.2, -0.15) is 0 Å². The van der Waals surface area contributed by atoms with Crippen LogP contribution >= 0.6 is 0 Å². The second kappa shape index (κ2) is 4.78. The van der Waals surface area contributed by atoms with Crippen LogP contribution in [0.2, 0.25) is 0 Å².